The van der Waals surface area contributed by atoms with Gasteiger partial charge in [-0.1, -0.05) is 27.2 Å². The van der Waals surface area contributed by atoms with Crippen molar-refractivity contribution in [3.63, 3.8) is 0 Å². The van der Waals surface area contributed by atoms with E-state index in [-0.39, 0.29) is 17.9 Å². The number of carbonyl (C=O) groups is 2. The fourth-order valence-corrected chi connectivity index (χ4v) is 2.85. The number of piperidine rings is 1. The Morgan fingerprint density at radius 1 is 1.32 bits per heavy atom. The molecule has 1 aliphatic heterocycles. The fraction of sp³-hybridized carbons (Fsp3) is 0.867. The number of carbonyl (C=O) groups excluding carboxylic acids is 1. The minimum absolute atomic E-state index is 0.124. The standard InChI is InChI=1S/C15H27NO3/c1-5-12(10(2)3)8-14(17)16-9-13(15(18)19)7-6-11(16)4/h10-13H,5-9H2,1-4H3,(H,18,19). The third-order valence-corrected chi connectivity index (χ3v) is 4.46. The second-order valence-electron chi connectivity index (χ2n) is 6.12. The van der Waals surface area contributed by atoms with Gasteiger partial charge in [0.2, 0.25) is 5.91 Å². The zero-order valence-electron chi connectivity index (χ0n) is 12.6. The van der Waals surface area contributed by atoms with Gasteiger partial charge >= 0.3 is 5.97 Å². The highest BCUT2D eigenvalue weighted by atomic mass is 16.4. The Hall–Kier alpha value is -1.06. The number of likely N-dealkylation sites (tertiary alicyclic amines) is 1. The molecule has 0 radical (unpaired) electrons. The van der Waals surface area contributed by atoms with Crippen molar-refractivity contribution in [3.8, 4) is 0 Å². The summed E-state index contributed by atoms with van der Waals surface area (Å²) in [6.07, 6.45) is 3.02. The normalized spacial score (nSPS) is 25.4. The Morgan fingerprint density at radius 3 is 2.42 bits per heavy atom. The number of hydrogen-bond donors (Lipinski definition) is 1. The molecule has 3 unspecified atom stereocenters. The summed E-state index contributed by atoms with van der Waals surface area (Å²) < 4.78 is 0. The van der Waals surface area contributed by atoms with E-state index in [1.807, 2.05) is 6.92 Å². The number of amides is 1. The third kappa shape index (κ3) is 4.22. The summed E-state index contributed by atoms with van der Waals surface area (Å²) in [6, 6.07) is 0.174. The summed E-state index contributed by atoms with van der Waals surface area (Å²) in [7, 11) is 0. The molecule has 0 spiro atoms. The van der Waals surface area contributed by atoms with E-state index >= 15 is 0 Å². The SMILES string of the molecule is CCC(CC(=O)N1CC(C(=O)O)CCC1C)C(C)C. The Bertz CT molecular complexity index is 327. The van der Waals surface area contributed by atoms with Crippen molar-refractivity contribution in [2.45, 2.75) is 59.4 Å². The molecule has 1 amide bonds. The first-order chi connectivity index (χ1) is 8.86. The van der Waals surface area contributed by atoms with Gasteiger partial charge in [0.15, 0.2) is 0 Å². The molecule has 1 saturated heterocycles. The summed E-state index contributed by atoms with van der Waals surface area (Å²) >= 11 is 0. The third-order valence-electron chi connectivity index (χ3n) is 4.46. The van der Waals surface area contributed by atoms with Crippen LogP contribution in [0, 0.1) is 17.8 Å². The van der Waals surface area contributed by atoms with Crippen LogP contribution in [-0.4, -0.2) is 34.5 Å². The van der Waals surface area contributed by atoms with Crippen LogP contribution in [0.1, 0.15) is 53.4 Å². The molecular formula is C15H27NO3. The maximum atomic E-state index is 12.4. The molecular weight excluding hydrogens is 242 g/mol. The highest BCUT2D eigenvalue weighted by Gasteiger charge is 2.33. The predicted molar refractivity (Wildman–Crippen MR) is 74.8 cm³/mol. The molecule has 4 heteroatoms. The van der Waals surface area contributed by atoms with Crippen LogP contribution >= 0.6 is 0 Å². The van der Waals surface area contributed by atoms with Gasteiger partial charge in [-0.15, -0.1) is 0 Å². The topological polar surface area (TPSA) is 57.6 Å². The summed E-state index contributed by atoms with van der Waals surface area (Å²) in [5.74, 6) is -0.159. The minimum Gasteiger partial charge on any atom is -0.481 e. The van der Waals surface area contributed by atoms with Crippen LogP contribution in [0.25, 0.3) is 0 Å². The molecule has 1 aliphatic rings. The van der Waals surface area contributed by atoms with Crippen molar-refractivity contribution >= 4 is 11.9 Å². The lowest BCUT2D eigenvalue weighted by Gasteiger charge is -2.37. The molecule has 0 bridgehead atoms. The molecule has 0 saturated carbocycles. The summed E-state index contributed by atoms with van der Waals surface area (Å²) in [5.41, 5.74) is 0. The van der Waals surface area contributed by atoms with Crippen molar-refractivity contribution in [3.05, 3.63) is 0 Å². The van der Waals surface area contributed by atoms with E-state index in [2.05, 4.69) is 20.8 Å². The van der Waals surface area contributed by atoms with Gasteiger partial charge in [0.1, 0.15) is 0 Å². The molecule has 1 heterocycles. The molecule has 0 aliphatic carbocycles. The van der Waals surface area contributed by atoms with Gasteiger partial charge < -0.3 is 10.0 Å². The second-order valence-corrected chi connectivity index (χ2v) is 6.12. The van der Waals surface area contributed by atoms with Crippen LogP contribution in [0.15, 0.2) is 0 Å². The van der Waals surface area contributed by atoms with Gasteiger partial charge in [0.25, 0.3) is 0 Å². The average molecular weight is 269 g/mol. The first-order valence-electron chi connectivity index (χ1n) is 7.39. The average Bonchev–Trinajstić information content (AvgIpc) is 2.35. The molecule has 110 valence electrons. The molecule has 1 rings (SSSR count). The van der Waals surface area contributed by atoms with Crippen LogP contribution in [0.2, 0.25) is 0 Å². The summed E-state index contributed by atoms with van der Waals surface area (Å²) in [6.45, 7) is 8.79. The van der Waals surface area contributed by atoms with E-state index in [1.54, 1.807) is 4.90 Å². The predicted octanol–water partition coefficient (Wildman–Crippen LogP) is 2.77. The molecule has 4 nitrogen and oxygen atoms in total. The zero-order valence-corrected chi connectivity index (χ0v) is 12.6. The number of aliphatic carboxylic acids is 1. The number of rotatable bonds is 5. The van der Waals surface area contributed by atoms with E-state index in [0.29, 0.717) is 31.2 Å². The van der Waals surface area contributed by atoms with Gasteiger partial charge in [-0.05, 0) is 31.6 Å². The quantitative estimate of drug-likeness (QED) is 0.835. The van der Waals surface area contributed by atoms with Crippen molar-refractivity contribution in [1.82, 2.24) is 4.90 Å². The van der Waals surface area contributed by atoms with Crippen LogP contribution in [0.3, 0.4) is 0 Å². The van der Waals surface area contributed by atoms with Crippen molar-refractivity contribution < 1.29 is 14.7 Å². The molecule has 19 heavy (non-hydrogen) atoms. The Labute approximate surface area is 116 Å². The molecule has 3 atom stereocenters. The first-order valence-corrected chi connectivity index (χ1v) is 7.39. The minimum atomic E-state index is -0.777. The monoisotopic (exact) mass is 269 g/mol. The van der Waals surface area contributed by atoms with E-state index in [9.17, 15) is 9.59 Å². The number of carboxylic acids is 1. The summed E-state index contributed by atoms with van der Waals surface area (Å²) in [5, 5.41) is 9.10. The van der Waals surface area contributed by atoms with Gasteiger partial charge in [-0.25, -0.2) is 0 Å². The zero-order chi connectivity index (χ0) is 14.6. The molecule has 0 aromatic rings. The summed E-state index contributed by atoms with van der Waals surface area (Å²) in [4.78, 5) is 25.2. The van der Waals surface area contributed by atoms with Crippen LogP contribution in [-0.2, 0) is 9.59 Å². The smallest absolute Gasteiger partial charge is 0.308 e. The molecule has 1 fully saturated rings. The van der Waals surface area contributed by atoms with Crippen LogP contribution < -0.4 is 0 Å². The Kier molecular flexibility index (Phi) is 5.83. The van der Waals surface area contributed by atoms with Crippen molar-refractivity contribution in [2.24, 2.45) is 17.8 Å². The maximum Gasteiger partial charge on any atom is 0.308 e. The lowest BCUT2D eigenvalue weighted by atomic mass is 9.88. The lowest BCUT2D eigenvalue weighted by Crippen LogP contribution is -2.47. The van der Waals surface area contributed by atoms with Crippen LogP contribution in [0.4, 0.5) is 0 Å². The molecule has 1 N–H and O–H groups in total. The highest BCUT2D eigenvalue weighted by Crippen LogP contribution is 2.26. The van der Waals surface area contributed by atoms with E-state index in [0.717, 1.165) is 12.8 Å². The Balaban J connectivity index is 2.65. The number of hydrogen-bond acceptors (Lipinski definition) is 2. The second kappa shape index (κ2) is 6.92. The van der Waals surface area contributed by atoms with Gasteiger partial charge in [0.05, 0.1) is 5.92 Å². The number of nitrogens with zero attached hydrogens (tertiary/aromatic N) is 1. The van der Waals surface area contributed by atoms with E-state index < -0.39 is 5.97 Å². The van der Waals surface area contributed by atoms with Gasteiger partial charge in [0, 0.05) is 19.0 Å². The lowest BCUT2D eigenvalue weighted by molar-refractivity contribution is -0.147. The first kappa shape index (κ1) is 16.0. The van der Waals surface area contributed by atoms with Crippen molar-refractivity contribution in [2.75, 3.05) is 6.54 Å². The van der Waals surface area contributed by atoms with E-state index in [1.165, 1.54) is 0 Å². The number of carboxylic acid groups (broad SMARTS) is 1. The Morgan fingerprint density at radius 2 is 1.95 bits per heavy atom. The molecule has 0 aromatic carbocycles. The highest BCUT2D eigenvalue weighted by molar-refractivity contribution is 5.78. The maximum absolute atomic E-state index is 12.4. The van der Waals surface area contributed by atoms with Crippen molar-refractivity contribution in [1.29, 1.82) is 0 Å². The molecule has 0 aromatic heterocycles. The van der Waals surface area contributed by atoms with E-state index in [4.69, 9.17) is 5.11 Å². The van der Waals surface area contributed by atoms with Crippen LogP contribution in [0.5, 0.6) is 0 Å². The van der Waals surface area contributed by atoms with Gasteiger partial charge in [-0.2, -0.15) is 0 Å². The largest absolute Gasteiger partial charge is 0.481 e. The van der Waals surface area contributed by atoms with Gasteiger partial charge in [-0.3, -0.25) is 9.59 Å². The fourth-order valence-electron chi connectivity index (χ4n) is 2.85.